The molecule has 2 aliphatic heterocycles. The highest BCUT2D eigenvalue weighted by molar-refractivity contribution is 7.99. The predicted molar refractivity (Wildman–Crippen MR) is 134 cm³/mol. The van der Waals surface area contributed by atoms with Crippen LogP contribution in [-0.4, -0.2) is 115 Å². The largest absolute Gasteiger partial charge is 0.387 e. The van der Waals surface area contributed by atoms with Gasteiger partial charge < -0.3 is 34.4 Å². The van der Waals surface area contributed by atoms with Crippen LogP contribution in [0.3, 0.4) is 0 Å². The Labute approximate surface area is 208 Å². The van der Waals surface area contributed by atoms with Gasteiger partial charge in [0, 0.05) is 38.2 Å². The second kappa shape index (κ2) is 12.2. The van der Waals surface area contributed by atoms with Crippen molar-refractivity contribution >= 4 is 23.6 Å². The molecule has 2 amide bonds. The fraction of sp³-hybridized carbons (Fsp3) is 0.833. The lowest BCUT2D eigenvalue weighted by Gasteiger charge is -2.45. The number of carbonyl (C=O) groups is 2. The lowest BCUT2D eigenvalue weighted by atomic mass is 9.93. The molecule has 2 aliphatic rings. The van der Waals surface area contributed by atoms with Crippen molar-refractivity contribution in [1.82, 2.24) is 15.1 Å². The Kier molecular flexibility index (Phi) is 10.4. The number of aliphatic hydroxyl groups is 1. The molecule has 1 unspecified atom stereocenters. The monoisotopic (exact) mass is 501 g/mol. The van der Waals surface area contributed by atoms with Crippen molar-refractivity contribution in [2.75, 3.05) is 52.3 Å². The minimum atomic E-state index is -1.13. The Bertz CT molecular complexity index is 724. The van der Waals surface area contributed by atoms with Crippen LogP contribution in [0.25, 0.3) is 0 Å². The van der Waals surface area contributed by atoms with E-state index >= 15 is 0 Å². The maximum absolute atomic E-state index is 13.3. The molecule has 34 heavy (non-hydrogen) atoms. The van der Waals surface area contributed by atoms with E-state index in [0.717, 1.165) is 12.3 Å². The number of thioether (sulfide) groups is 1. The Morgan fingerprint density at radius 2 is 2.06 bits per heavy atom. The first-order valence-electron chi connectivity index (χ1n) is 11.8. The first-order chi connectivity index (χ1) is 15.7. The average molecular weight is 502 g/mol. The molecule has 5 atom stereocenters. The normalized spacial score (nSPS) is 29.4. The minimum Gasteiger partial charge on any atom is -0.387 e. The van der Waals surface area contributed by atoms with E-state index in [-0.39, 0.29) is 11.3 Å². The number of aliphatic hydroxyl groups excluding tert-OH is 1. The van der Waals surface area contributed by atoms with Crippen LogP contribution < -0.4 is 5.32 Å². The van der Waals surface area contributed by atoms with Gasteiger partial charge >= 0.3 is 0 Å². The second-order valence-electron chi connectivity index (χ2n) is 10.7. The average Bonchev–Trinajstić information content (AvgIpc) is 2.89. The lowest BCUT2D eigenvalue weighted by molar-refractivity contribution is -0.334. The molecule has 2 heterocycles. The summed E-state index contributed by atoms with van der Waals surface area (Å²) in [7, 11) is 5.32. The van der Waals surface area contributed by atoms with Crippen molar-refractivity contribution in [1.29, 1.82) is 0 Å². The summed E-state index contributed by atoms with van der Waals surface area (Å²) in [6.07, 6.45) is -0.110. The van der Waals surface area contributed by atoms with Crippen LogP contribution in [0.2, 0.25) is 0 Å². The molecule has 0 aliphatic carbocycles. The summed E-state index contributed by atoms with van der Waals surface area (Å²) in [5, 5.41) is 13.9. The number of allylic oxidation sites excluding steroid dienone is 1. The van der Waals surface area contributed by atoms with E-state index in [4.69, 9.17) is 14.2 Å². The van der Waals surface area contributed by atoms with E-state index in [1.54, 1.807) is 36.6 Å². The van der Waals surface area contributed by atoms with Crippen LogP contribution in [-0.2, 0) is 23.8 Å². The molecule has 0 aromatic rings. The first-order valence-corrected chi connectivity index (χ1v) is 13.0. The zero-order valence-corrected chi connectivity index (χ0v) is 22.7. The number of carbonyl (C=O) groups excluding carboxylic acids is 2. The van der Waals surface area contributed by atoms with Crippen molar-refractivity contribution in [2.24, 2.45) is 5.41 Å². The molecule has 2 saturated heterocycles. The Morgan fingerprint density at radius 3 is 2.65 bits per heavy atom. The summed E-state index contributed by atoms with van der Waals surface area (Å²) >= 11 is 1.63. The minimum absolute atomic E-state index is 0.102. The van der Waals surface area contributed by atoms with Crippen molar-refractivity contribution in [3.05, 3.63) is 12.2 Å². The molecule has 0 saturated carbocycles. The number of hydrogen-bond acceptors (Lipinski definition) is 8. The molecular weight excluding hydrogens is 458 g/mol. The molecule has 0 aromatic carbocycles. The van der Waals surface area contributed by atoms with Crippen LogP contribution in [0.4, 0.5) is 0 Å². The van der Waals surface area contributed by atoms with Gasteiger partial charge in [-0.25, -0.2) is 0 Å². The number of nitrogens with one attached hydrogen (secondary N) is 1. The van der Waals surface area contributed by atoms with Gasteiger partial charge in [0.25, 0.3) is 5.91 Å². The van der Waals surface area contributed by atoms with Crippen molar-refractivity contribution < 1.29 is 28.9 Å². The second-order valence-corrected chi connectivity index (χ2v) is 11.9. The quantitative estimate of drug-likeness (QED) is 0.477. The summed E-state index contributed by atoms with van der Waals surface area (Å²) in [5.74, 6) is -0.327. The van der Waals surface area contributed by atoms with Crippen LogP contribution in [0.1, 0.15) is 34.6 Å². The van der Waals surface area contributed by atoms with Gasteiger partial charge in [0.15, 0.2) is 11.9 Å². The molecule has 196 valence electrons. The standard InChI is InChI=1S/C24H43N3O6S/c1-23(2,3)10-9-17-18(28)19(33-24(4,5)32-17)20(31-8)21(29)25-16-15-34-14-13-27(22(16)30)12-11-26(6)7/h9-10,16-20,28H,11-15H2,1-8H3,(H,25,29)/b10-9+/t16?,17-,18+,19-,20-/m1/s1. The predicted octanol–water partition coefficient (Wildman–Crippen LogP) is 1.11. The molecule has 0 bridgehead atoms. The van der Waals surface area contributed by atoms with Crippen molar-refractivity contribution in [3.63, 3.8) is 0 Å². The molecule has 0 aromatic heterocycles. The van der Waals surface area contributed by atoms with E-state index in [9.17, 15) is 14.7 Å². The molecule has 0 spiro atoms. The molecule has 9 nitrogen and oxygen atoms in total. The van der Waals surface area contributed by atoms with Crippen molar-refractivity contribution in [3.8, 4) is 0 Å². The first kappa shape index (κ1) is 29.1. The summed E-state index contributed by atoms with van der Waals surface area (Å²) in [6.45, 7) is 11.6. The zero-order chi connectivity index (χ0) is 25.7. The fourth-order valence-electron chi connectivity index (χ4n) is 3.86. The van der Waals surface area contributed by atoms with E-state index in [1.807, 2.05) is 45.8 Å². The number of rotatable bonds is 8. The summed E-state index contributed by atoms with van der Waals surface area (Å²) in [5.41, 5.74) is -0.102. The van der Waals surface area contributed by atoms with Crippen LogP contribution in [0.15, 0.2) is 12.2 Å². The number of hydrogen-bond donors (Lipinski definition) is 2. The number of likely N-dealkylation sites (N-methyl/N-ethyl adjacent to an activating group) is 1. The van der Waals surface area contributed by atoms with Gasteiger partial charge in [0.05, 0.1) is 0 Å². The highest BCUT2D eigenvalue weighted by Gasteiger charge is 2.48. The molecule has 0 radical (unpaired) electrons. The fourth-order valence-corrected chi connectivity index (χ4v) is 4.83. The summed E-state index contributed by atoms with van der Waals surface area (Å²) in [4.78, 5) is 30.2. The summed E-state index contributed by atoms with van der Waals surface area (Å²) in [6, 6.07) is -0.665. The zero-order valence-electron chi connectivity index (χ0n) is 21.9. The Hall–Kier alpha value is -1.17. The summed E-state index contributed by atoms with van der Waals surface area (Å²) < 4.78 is 17.4. The molecule has 10 heteroatoms. The molecule has 2 N–H and O–H groups in total. The highest BCUT2D eigenvalue weighted by atomic mass is 32.2. The van der Waals surface area contributed by atoms with E-state index in [2.05, 4.69) is 5.32 Å². The third kappa shape index (κ3) is 8.49. The van der Waals surface area contributed by atoms with Gasteiger partial charge in [0.1, 0.15) is 24.4 Å². The molecule has 2 fully saturated rings. The maximum Gasteiger partial charge on any atom is 0.252 e. The third-order valence-electron chi connectivity index (χ3n) is 5.64. The van der Waals surface area contributed by atoms with Gasteiger partial charge in [-0.1, -0.05) is 32.9 Å². The van der Waals surface area contributed by atoms with E-state index in [0.29, 0.717) is 18.8 Å². The molecular formula is C24H43N3O6S. The number of ether oxygens (including phenoxy) is 3. The smallest absolute Gasteiger partial charge is 0.252 e. The van der Waals surface area contributed by atoms with Gasteiger partial charge in [-0.3, -0.25) is 9.59 Å². The van der Waals surface area contributed by atoms with Gasteiger partial charge in [-0.15, -0.1) is 0 Å². The SMILES string of the molecule is CO[C@@H](C(=O)NC1CSCCN(CCN(C)C)C1=O)[C@@H]1OC(C)(C)O[C@H](/C=C/C(C)(C)C)[C@@H]1O. The topological polar surface area (TPSA) is 101 Å². The number of methoxy groups -OCH3 is 1. The van der Waals surface area contributed by atoms with Crippen LogP contribution in [0, 0.1) is 5.41 Å². The van der Waals surface area contributed by atoms with Gasteiger partial charge in [-0.05, 0) is 33.4 Å². The third-order valence-corrected chi connectivity index (χ3v) is 6.68. The lowest BCUT2D eigenvalue weighted by Crippen LogP contribution is -2.62. The van der Waals surface area contributed by atoms with Crippen LogP contribution >= 0.6 is 11.8 Å². The van der Waals surface area contributed by atoms with Crippen molar-refractivity contribution in [2.45, 2.75) is 70.9 Å². The number of nitrogens with zero attached hydrogens (tertiary/aromatic N) is 2. The Balaban J connectivity index is 2.16. The number of amides is 2. The van der Waals surface area contributed by atoms with E-state index < -0.39 is 42.2 Å². The Morgan fingerprint density at radius 1 is 1.38 bits per heavy atom. The molecule has 2 rings (SSSR count). The highest BCUT2D eigenvalue weighted by Crippen LogP contribution is 2.31. The maximum atomic E-state index is 13.3. The van der Waals surface area contributed by atoms with E-state index in [1.165, 1.54) is 7.11 Å². The van der Waals surface area contributed by atoms with Gasteiger partial charge in [-0.2, -0.15) is 11.8 Å². The van der Waals surface area contributed by atoms with Gasteiger partial charge in [0.2, 0.25) is 5.91 Å². The van der Waals surface area contributed by atoms with Crippen LogP contribution in [0.5, 0.6) is 0 Å².